The molecule has 0 aromatic carbocycles. The van der Waals surface area contributed by atoms with Gasteiger partial charge in [0.2, 0.25) is 0 Å². The van der Waals surface area contributed by atoms with E-state index in [0.29, 0.717) is 16.9 Å². The molecule has 4 nitrogen and oxygen atoms in total. The second-order valence-electron chi connectivity index (χ2n) is 4.31. The summed E-state index contributed by atoms with van der Waals surface area (Å²) in [6, 6.07) is 0. The highest BCUT2D eigenvalue weighted by atomic mass is 79.9. The molecule has 0 saturated carbocycles. The van der Waals surface area contributed by atoms with Crippen molar-refractivity contribution < 1.29 is 0 Å². The zero-order valence-corrected chi connectivity index (χ0v) is 11.9. The lowest BCUT2D eigenvalue weighted by Gasteiger charge is -2.15. The van der Waals surface area contributed by atoms with Crippen molar-refractivity contribution in [2.45, 2.75) is 46.1 Å². The minimum Gasteiger partial charge on any atom is -0.299 e. The average Bonchev–Trinajstić information content (AvgIpc) is 2.30. The molecule has 1 N–H and O–H groups in total. The summed E-state index contributed by atoms with van der Waals surface area (Å²) in [6.07, 6.45) is 6.09. The Bertz CT molecular complexity index is 464. The van der Waals surface area contributed by atoms with Crippen molar-refractivity contribution in [2.24, 2.45) is 5.92 Å². The topological polar surface area (TPSA) is 54.9 Å². The molecular weight excluding hydrogens is 284 g/mol. The van der Waals surface area contributed by atoms with Gasteiger partial charge in [-0.3, -0.25) is 14.3 Å². The van der Waals surface area contributed by atoms with Gasteiger partial charge in [0.15, 0.2) is 0 Å². The average molecular weight is 303 g/mol. The highest BCUT2D eigenvalue weighted by molar-refractivity contribution is 9.10. The first-order valence-corrected chi connectivity index (χ1v) is 6.87. The second-order valence-corrected chi connectivity index (χ2v) is 5.16. The van der Waals surface area contributed by atoms with Crippen LogP contribution in [0, 0.1) is 5.92 Å². The molecule has 17 heavy (non-hydrogen) atoms. The number of rotatable bonds is 6. The molecule has 1 unspecified atom stereocenters. The Balaban J connectivity index is 2.82. The lowest BCUT2D eigenvalue weighted by Crippen LogP contribution is -2.31. The van der Waals surface area contributed by atoms with E-state index < -0.39 is 0 Å². The molecule has 1 heterocycles. The van der Waals surface area contributed by atoms with Gasteiger partial charge in [0.25, 0.3) is 5.56 Å². The number of aromatic amines is 1. The lowest BCUT2D eigenvalue weighted by atomic mass is 9.99. The van der Waals surface area contributed by atoms with Crippen LogP contribution in [0.15, 0.2) is 20.3 Å². The number of aromatic nitrogens is 2. The molecule has 5 heteroatoms. The van der Waals surface area contributed by atoms with Crippen LogP contribution >= 0.6 is 15.9 Å². The third-order valence-corrected chi connectivity index (χ3v) is 3.53. The summed E-state index contributed by atoms with van der Waals surface area (Å²) >= 11 is 3.14. The Kier molecular flexibility index (Phi) is 5.68. The molecule has 0 amide bonds. The zero-order valence-electron chi connectivity index (χ0n) is 10.3. The van der Waals surface area contributed by atoms with Gasteiger partial charge < -0.3 is 0 Å². The molecule has 0 aliphatic rings. The van der Waals surface area contributed by atoms with E-state index in [1.165, 1.54) is 12.8 Å². The van der Waals surface area contributed by atoms with Crippen LogP contribution < -0.4 is 11.2 Å². The molecule has 0 spiro atoms. The molecule has 96 valence electrons. The molecule has 1 rings (SSSR count). The molecule has 1 aromatic heterocycles. The molecule has 1 atom stereocenters. The van der Waals surface area contributed by atoms with Crippen molar-refractivity contribution in [2.75, 3.05) is 0 Å². The number of unbranched alkanes of at least 4 members (excludes halogenated alkanes) is 1. The van der Waals surface area contributed by atoms with Crippen LogP contribution in [0.5, 0.6) is 0 Å². The van der Waals surface area contributed by atoms with Gasteiger partial charge in [-0.2, -0.15) is 0 Å². The van der Waals surface area contributed by atoms with Gasteiger partial charge in [0.05, 0.1) is 4.47 Å². The van der Waals surface area contributed by atoms with Gasteiger partial charge in [-0.05, 0) is 28.3 Å². The van der Waals surface area contributed by atoms with E-state index in [9.17, 15) is 9.59 Å². The van der Waals surface area contributed by atoms with Crippen LogP contribution in [0.1, 0.15) is 39.5 Å². The summed E-state index contributed by atoms with van der Waals surface area (Å²) in [5.74, 6) is 0.491. The smallest absolute Gasteiger partial charge is 0.299 e. The van der Waals surface area contributed by atoms with Gasteiger partial charge in [-0.1, -0.05) is 33.1 Å². The van der Waals surface area contributed by atoms with Gasteiger partial charge in [0.1, 0.15) is 0 Å². The van der Waals surface area contributed by atoms with E-state index in [1.807, 2.05) is 0 Å². The predicted octanol–water partition coefficient (Wildman–Crippen LogP) is 2.52. The number of nitrogens with one attached hydrogen (secondary N) is 1. The van der Waals surface area contributed by atoms with Gasteiger partial charge in [-0.15, -0.1) is 0 Å². The summed E-state index contributed by atoms with van der Waals surface area (Å²) in [4.78, 5) is 25.1. The van der Waals surface area contributed by atoms with E-state index >= 15 is 0 Å². The van der Waals surface area contributed by atoms with Crippen molar-refractivity contribution in [1.29, 1.82) is 0 Å². The highest BCUT2D eigenvalue weighted by Gasteiger charge is 2.09. The standard InChI is InChI=1S/C12H19BrN2O2/c1-3-5-6-9(4-2)7-15-8-10(13)11(16)14-12(15)17/h8-9H,3-7H2,1-2H3,(H,14,16,17). The monoisotopic (exact) mass is 302 g/mol. The Labute approximate surface area is 109 Å². The fraction of sp³-hybridized carbons (Fsp3) is 0.667. The minimum absolute atomic E-state index is 0.326. The number of hydrogen-bond donors (Lipinski definition) is 1. The second kappa shape index (κ2) is 6.79. The molecule has 0 fully saturated rings. The molecule has 0 aliphatic carbocycles. The maximum Gasteiger partial charge on any atom is 0.328 e. The first-order valence-electron chi connectivity index (χ1n) is 6.07. The summed E-state index contributed by atoms with van der Waals surface area (Å²) in [5, 5.41) is 0. The summed E-state index contributed by atoms with van der Waals surface area (Å²) in [5.41, 5.74) is -0.694. The van der Waals surface area contributed by atoms with Crippen molar-refractivity contribution in [3.05, 3.63) is 31.5 Å². The van der Waals surface area contributed by atoms with Crippen molar-refractivity contribution >= 4 is 15.9 Å². The van der Waals surface area contributed by atoms with Gasteiger partial charge in [-0.25, -0.2) is 4.79 Å². The van der Waals surface area contributed by atoms with Crippen LogP contribution in [-0.4, -0.2) is 9.55 Å². The largest absolute Gasteiger partial charge is 0.328 e. The van der Waals surface area contributed by atoms with Crippen molar-refractivity contribution in [1.82, 2.24) is 9.55 Å². The Morgan fingerprint density at radius 1 is 1.41 bits per heavy atom. The van der Waals surface area contributed by atoms with Crippen LogP contribution in [0.3, 0.4) is 0 Å². The Hall–Kier alpha value is -0.840. The Morgan fingerprint density at radius 3 is 2.71 bits per heavy atom. The summed E-state index contributed by atoms with van der Waals surface area (Å²) < 4.78 is 1.98. The maximum atomic E-state index is 11.6. The summed E-state index contributed by atoms with van der Waals surface area (Å²) in [7, 11) is 0. The number of H-pyrrole nitrogens is 1. The number of hydrogen-bond acceptors (Lipinski definition) is 2. The molecule has 0 radical (unpaired) electrons. The third kappa shape index (κ3) is 4.15. The summed E-state index contributed by atoms with van der Waals surface area (Å²) in [6.45, 7) is 4.96. The highest BCUT2D eigenvalue weighted by Crippen LogP contribution is 2.14. The van der Waals surface area contributed by atoms with Gasteiger partial charge >= 0.3 is 5.69 Å². The fourth-order valence-electron chi connectivity index (χ4n) is 1.81. The van der Waals surface area contributed by atoms with Crippen LogP contribution in [0.2, 0.25) is 0 Å². The van der Waals surface area contributed by atoms with E-state index in [1.54, 1.807) is 10.8 Å². The van der Waals surface area contributed by atoms with E-state index in [4.69, 9.17) is 0 Å². The zero-order chi connectivity index (χ0) is 12.8. The normalized spacial score (nSPS) is 12.6. The Morgan fingerprint density at radius 2 is 2.12 bits per heavy atom. The lowest BCUT2D eigenvalue weighted by molar-refractivity contribution is 0.381. The third-order valence-electron chi connectivity index (χ3n) is 2.97. The minimum atomic E-state index is -0.368. The molecule has 0 saturated heterocycles. The number of nitrogens with zero attached hydrogens (tertiary/aromatic N) is 1. The van der Waals surface area contributed by atoms with Crippen molar-refractivity contribution in [3.8, 4) is 0 Å². The van der Waals surface area contributed by atoms with Crippen LogP contribution in [-0.2, 0) is 6.54 Å². The van der Waals surface area contributed by atoms with Crippen LogP contribution in [0.25, 0.3) is 0 Å². The fourth-order valence-corrected chi connectivity index (χ4v) is 2.16. The SMILES string of the molecule is CCCCC(CC)Cn1cc(Br)c(=O)[nH]c1=O. The predicted molar refractivity (Wildman–Crippen MR) is 72.3 cm³/mol. The van der Waals surface area contributed by atoms with Gasteiger partial charge in [0, 0.05) is 12.7 Å². The maximum absolute atomic E-state index is 11.6. The number of halogens is 1. The van der Waals surface area contributed by atoms with Crippen LogP contribution in [0.4, 0.5) is 0 Å². The van der Waals surface area contributed by atoms with E-state index in [0.717, 1.165) is 12.8 Å². The molecule has 0 bridgehead atoms. The molecule has 0 aliphatic heterocycles. The van der Waals surface area contributed by atoms with E-state index in [-0.39, 0.29) is 11.2 Å². The molecular formula is C12H19BrN2O2. The quantitative estimate of drug-likeness (QED) is 0.878. The first-order chi connectivity index (χ1) is 8.08. The molecule has 1 aromatic rings. The van der Waals surface area contributed by atoms with E-state index in [2.05, 4.69) is 34.8 Å². The van der Waals surface area contributed by atoms with Crippen molar-refractivity contribution in [3.63, 3.8) is 0 Å². The first kappa shape index (κ1) is 14.2.